The van der Waals surface area contributed by atoms with E-state index in [9.17, 15) is 13.6 Å². The van der Waals surface area contributed by atoms with Gasteiger partial charge in [-0.25, -0.2) is 8.78 Å². The molecule has 0 spiro atoms. The number of carboxylic acids is 1. The monoisotopic (exact) mass is 292 g/mol. The fourth-order valence-corrected chi connectivity index (χ4v) is 2.37. The Morgan fingerprint density at radius 2 is 1.88 bits per heavy atom. The van der Waals surface area contributed by atoms with E-state index in [2.05, 4.69) is 15.9 Å². The quantitative estimate of drug-likeness (QED) is 0.866. The highest BCUT2D eigenvalue weighted by molar-refractivity contribution is 9.10. The summed E-state index contributed by atoms with van der Waals surface area (Å²) in [6.45, 7) is 3.33. The second-order valence-corrected chi connectivity index (χ2v) is 5.05. The normalized spacial score (nSPS) is 11.6. The van der Waals surface area contributed by atoms with Crippen LogP contribution in [-0.2, 0) is 10.2 Å². The van der Waals surface area contributed by atoms with Crippen LogP contribution >= 0.6 is 15.9 Å². The molecule has 0 radical (unpaired) electrons. The molecule has 0 saturated heterocycles. The van der Waals surface area contributed by atoms with Crippen LogP contribution in [0.25, 0.3) is 0 Å². The van der Waals surface area contributed by atoms with Crippen molar-refractivity contribution < 1.29 is 18.7 Å². The van der Waals surface area contributed by atoms with Crippen LogP contribution in [0.3, 0.4) is 0 Å². The average molecular weight is 293 g/mol. The van der Waals surface area contributed by atoms with Gasteiger partial charge >= 0.3 is 5.97 Å². The maximum Gasteiger partial charge on any atom is 0.304 e. The second kappa shape index (κ2) is 4.49. The van der Waals surface area contributed by atoms with Gasteiger partial charge in [-0.15, -0.1) is 0 Å². The molecule has 1 rings (SSSR count). The molecule has 5 heteroatoms. The molecule has 0 heterocycles. The molecular formula is C11H11BrF2O2. The van der Waals surface area contributed by atoms with Gasteiger partial charge in [-0.3, -0.25) is 4.79 Å². The molecule has 88 valence electrons. The highest BCUT2D eigenvalue weighted by Gasteiger charge is 2.27. The first-order chi connectivity index (χ1) is 7.24. The first-order valence-corrected chi connectivity index (χ1v) is 5.40. The minimum Gasteiger partial charge on any atom is -0.481 e. The lowest BCUT2D eigenvalue weighted by atomic mass is 9.81. The third kappa shape index (κ3) is 2.78. The Labute approximate surface area is 100 Å². The van der Waals surface area contributed by atoms with Crippen LogP contribution in [-0.4, -0.2) is 11.1 Å². The average Bonchev–Trinajstić information content (AvgIpc) is 2.08. The first kappa shape index (κ1) is 13.1. The van der Waals surface area contributed by atoms with Crippen LogP contribution in [0.15, 0.2) is 16.6 Å². The highest BCUT2D eigenvalue weighted by Crippen LogP contribution is 2.34. The van der Waals surface area contributed by atoms with Gasteiger partial charge in [0.25, 0.3) is 0 Å². The van der Waals surface area contributed by atoms with Gasteiger partial charge in [0.15, 0.2) is 11.6 Å². The summed E-state index contributed by atoms with van der Waals surface area (Å²) in [7, 11) is 0. The zero-order valence-electron chi connectivity index (χ0n) is 8.85. The van der Waals surface area contributed by atoms with E-state index in [0.29, 0.717) is 10.0 Å². The topological polar surface area (TPSA) is 37.3 Å². The van der Waals surface area contributed by atoms with Crippen LogP contribution in [0.2, 0.25) is 0 Å². The summed E-state index contributed by atoms with van der Waals surface area (Å²) in [5.74, 6) is -2.92. The summed E-state index contributed by atoms with van der Waals surface area (Å²) in [6, 6.07) is 2.04. The predicted molar refractivity (Wildman–Crippen MR) is 59.3 cm³/mol. The standard InChI is InChI=1S/C11H11BrF2O2/c1-11(2,5-10(15)16)6-3-8(13)9(14)4-7(6)12/h3-4H,5H2,1-2H3,(H,15,16). The summed E-state index contributed by atoms with van der Waals surface area (Å²) in [5, 5.41) is 8.74. The Bertz CT molecular complexity index is 430. The molecule has 0 aliphatic carbocycles. The fraction of sp³-hybridized carbons (Fsp3) is 0.364. The van der Waals surface area contributed by atoms with Gasteiger partial charge in [-0.2, -0.15) is 0 Å². The van der Waals surface area contributed by atoms with Crippen molar-refractivity contribution in [2.24, 2.45) is 0 Å². The smallest absolute Gasteiger partial charge is 0.304 e. The Morgan fingerprint density at radius 3 is 2.38 bits per heavy atom. The number of rotatable bonds is 3. The molecule has 0 aliphatic rings. The van der Waals surface area contributed by atoms with Crippen molar-refractivity contribution in [1.82, 2.24) is 0 Å². The summed E-state index contributed by atoms with van der Waals surface area (Å²) in [4.78, 5) is 10.7. The zero-order valence-corrected chi connectivity index (χ0v) is 10.4. The van der Waals surface area contributed by atoms with E-state index in [-0.39, 0.29) is 6.42 Å². The third-order valence-corrected chi connectivity index (χ3v) is 2.99. The summed E-state index contributed by atoms with van der Waals surface area (Å²) >= 11 is 3.11. The van der Waals surface area contributed by atoms with Gasteiger partial charge in [0, 0.05) is 9.89 Å². The second-order valence-electron chi connectivity index (χ2n) is 4.20. The molecule has 1 aromatic rings. The number of halogens is 3. The van der Waals surface area contributed by atoms with E-state index in [0.717, 1.165) is 12.1 Å². The molecular weight excluding hydrogens is 282 g/mol. The van der Waals surface area contributed by atoms with E-state index < -0.39 is 23.0 Å². The molecule has 0 amide bonds. The van der Waals surface area contributed by atoms with Crippen LogP contribution in [0.4, 0.5) is 8.78 Å². The molecule has 0 unspecified atom stereocenters. The van der Waals surface area contributed by atoms with E-state index in [1.165, 1.54) is 0 Å². The van der Waals surface area contributed by atoms with Gasteiger partial charge < -0.3 is 5.11 Å². The van der Waals surface area contributed by atoms with Crippen molar-refractivity contribution >= 4 is 21.9 Å². The number of aliphatic carboxylic acids is 1. The van der Waals surface area contributed by atoms with Crippen molar-refractivity contribution in [1.29, 1.82) is 0 Å². The van der Waals surface area contributed by atoms with Crippen LogP contribution in [0, 0.1) is 11.6 Å². The lowest BCUT2D eigenvalue weighted by Crippen LogP contribution is -2.22. The fourth-order valence-electron chi connectivity index (χ4n) is 1.51. The van der Waals surface area contributed by atoms with Gasteiger partial charge in [0.2, 0.25) is 0 Å². The summed E-state index contributed by atoms with van der Waals surface area (Å²) in [5.41, 5.74) is -0.326. The van der Waals surface area contributed by atoms with Crippen molar-refractivity contribution in [3.63, 3.8) is 0 Å². The Balaban J connectivity index is 3.22. The molecule has 2 nitrogen and oxygen atoms in total. The molecule has 16 heavy (non-hydrogen) atoms. The lowest BCUT2D eigenvalue weighted by Gasteiger charge is -2.24. The van der Waals surface area contributed by atoms with Gasteiger partial charge in [-0.05, 0) is 17.7 Å². The number of hydrogen-bond donors (Lipinski definition) is 1. The maximum absolute atomic E-state index is 13.1. The minimum atomic E-state index is -0.985. The third-order valence-electron chi connectivity index (χ3n) is 2.33. The maximum atomic E-state index is 13.1. The number of carbonyl (C=O) groups is 1. The summed E-state index contributed by atoms with van der Waals surface area (Å²) < 4.78 is 26.3. The van der Waals surface area contributed by atoms with Crippen molar-refractivity contribution in [3.8, 4) is 0 Å². The highest BCUT2D eigenvalue weighted by atomic mass is 79.9. The van der Waals surface area contributed by atoms with E-state index in [1.54, 1.807) is 13.8 Å². The van der Waals surface area contributed by atoms with E-state index in [1.807, 2.05) is 0 Å². The molecule has 1 aromatic carbocycles. The first-order valence-electron chi connectivity index (χ1n) is 4.61. The zero-order chi connectivity index (χ0) is 12.5. The largest absolute Gasteiger partial charge is 0.481 e. The molecule has 1 N–H and O–H groups in total. The molecule has 0 aliphatic heterocycles. The van der Waals surface area contributed by atoms with E-state index >= 15 is 0 Å². The Hall–Kier alpha value is -0.970. The number of benzene rings is 1. The van der Waals surface area contributed by atoms with Crippen LogP contribution in [0.5, 0.6) is 0 Å². The Kier molecular flexibility index (Phi) is 3.68. The van der Waals surface area contributed by atoms with Crippen molar-refractivity contribution in [2.75, 3.05) is 0 Å². The minimum absolute atomic E-state index is 0.156. The lowest BCUT2D eigenvalue weighted by molar-refractivity contribution is -0.138. The van der Waals surface area contributed by atoms with Gasteiger partial charge in [-0.1, -0.05) is 29.8 Å². The summed E-state index contributed by atoms with van der Waals surface area (Å²) in [6.07, 6.45) is -0.156. The SMILES string of the molecule is CC(C)(CC(=O)O)c1cc(F)c(F)cc1Br. The van der Waals surface area contributed by atoms with Crippen LogP contribution < -0.4 is 0 Å². The van der Waals surface area contributed by atoms with Gasteiger partial charge in [0.1, 0.15) is 0 Å². The van der Waals surface area contributed by atoms with Crippen molar-refractivity contribution in [2.45, 2.75) is 25.7 Å². The molecule has 0 atom stereocenters. The molecule has 0 fully saturated rings. The molecule has 0 aromatic heterocycles. The molecule has 0 bridgehead atoms. The van der Waals surface area contributed by atoms with Gasteiger partial charge in [0.05, 0.1) is 6.42 Å². The predicted octanol–water partition coefficient (Wildman–Crippen LogP) is 3.48. The Morgan fingerprint density at radius 1 is 1.38 bits per heavy atom. The number of carboxylic acid groups (broad SMARTS) is 1. The molecule has 0 saturated carbocycles. The van der Waals surface area contributed by atoms with Crippen molar-refractivity contribution in [3.05, 3.63) is 33.8 Å². The number of hydrogen-bond acceptors (Lipinski definition) is 1. The van der Waals surface area contributed by atoms with E-state index in [4.69, 9.17) is 5.11 Å². The van der Waals surface area contributed by atoms with Crippen LogP contribution in [0.1, 0.15) is 25.8 Å².